The second-order valence-corrected chi connectivity index (χ2v) is 8.37. The minimum Gasteiger partial charge on any atom is -0.410 e. The number of rotatable bonds is 6. The van der Waals surface area contributed by atoms with Gasteiger partial charge >= 0.3 is 6.09 Å². The first-order chi connectivity index (χ1) is 15.5. The van der Waals surface area contributed by atoms with Crippen LogP contribution in [0.1, 0.15) is 28.2 Å². The highest BCUT2D eigenvalue weighted by Crippen LogP contribution is 2.16. The largest absolute Gasteiger partial charge is 0.415 e. The molecule has 1 fully saturated rings. The molecule has 3 heterocycles. The van der Waals surface area contributed by atoms with Gasteiger partial charge in [-0.05, 0) is 74.2 Å². The molecule has 0 unspecified atom stereocenters. The number of hydrogen-bond acceptors (Lipinski definition) is 5. The Hall–Kier alpha value is -3.25. The zero-order valence-corrected chi connectivity index (χ0v) is 18.8. The molecule has 1 aromatic carbocycles. The molecule has 32 heavy (non-hydrogen) atoms. The van der Waals surface area contributed by atoms with Crippen molar-refractivity contribution in [2.24, 2.45) is 0 Å². The molecule has 2 aromatic heterocycles. The summed E-state index contributed by atoms with van der Waals surface area (Å²) in [5.74, 6) is 0.582. The van der Waals surface area contributed by atoms with Crippen LogP contribution in [-0.4, -0.2) is 52.0 Å². The SMILES string of the molecule is Cc1ccnc(CCc2ccc(OC(=O)N3CCN(Cc4cccc(C)n4)CC3)cc2)c1. The quantitative estimate of drug-likeness (QED) is 0.587. The summed E-state index contributed by atoms with van der Waals surface area (Å²) < 4.78 is 5.60. The number of aromatic nitrogens is 2. The van der Waals surface area contributed by atoms with Gasteiger partial charge in [0.2, 0.25) is 0 Å². The number of amides is 1. The Bertz CT molecular complexity index is 1040. The van der Waals surface area contributed by atoms with Crippen molar-refractivity contribution in [1.29, 1.82) is 0 Å². The van der Waals surface area contributed by atoms with Crippen LogP contribution in [0.15, 0.2) is 60.8 Å². The third-order valence-corrected chi connectivity index (χ3v) is 5.73. The molecule has 0 spiro atoms. The van der Waals surface area contributed by atoms with Crippen molar-refractivity contribution in [3.8, 4) is 5.75 Å². The molecule has 0 radical (unpaired) electrons. The van der Waals surface area contributed by atoms with E-state index in [1.54, 1.807) is 4.90 Å². The Balaban J connectivity index is 1.22. The third-order valence-electron chi connectivity index (χ3n) is 5.73. The summed E-state index contributed by atoms with van der Waals surface area (Å²) in [5, 5.41) is 0. The minimum atomic E-state index is -0.282. The van der Waals surface area contributed by atoms with Crippen molar-refractivity contribution in [3.05, 3.63) is 89.0 Å². The van der Waals surface area contributed by atoms with Gasteiger partial charge in [0.15, 0.2) is 0 Å². The van der Waals surface area contributed by atoms with Gasteiger partial charge in [0.25, 0.3) is 0 Å². The first kappa shape index (κ1) is 22.0. The van der Waals surface area contributed by atoms with E-state index >= 15 is 0 Å². The van der Waals surface area contributed by atoms with E-state index in [-0.39, 0.29) is 6.09 Å². The minimum absolute atomic E-state index is 0.282. The molecule has 6 nitrogen and oxygen atoms in total. The highest BCUT2D eigenvalue weighted by molar-refractivity contribution is 5.70. The summed E-state index contributed by atoms with van der Waals surface area (Å²) in [6.07, 6.45) is 3.37. The van der Waals surface area contributed by atoms with E-state index < -0.39 is 0 Å². The fourth-order valence-electron chi connectivity index (χ4n) is 3.90. The molecule has 0 bridgehead atoms. The summed E-state index contributed by atoms with van der Waals surface area (Å²) in [7, 11) is 0. The van der Waals surface area contributed by atoms with Gasteiger partial charge in [0.05, 0.1) is 5.69 Å². The second kappa shape index (κ2) is 10.4. The average molecular weight is 431 g/mol. The predicted octanol–water partition coefficient (Wildman–Crippen LogP) is 4.20. The molecule has 0 atom stereocenters. The monoisotopic (exact) mass is 430 g/mol. The molecule has 1 aliphatic heterocycles. The maximum atomic E-state index is 12.6. The Morgan fingerprint density at radius 1 is 0.938 bits per heavy atom. The van der Waals surface area contributed by atoms with Gasteiger partial charge in [-0.3, -0.25) is 14.9 Å². The Kier molecular flexibility index (Phi) is 7.12. The molecule has 0 saturated carbocycles. The standard InChI is InChI=1S/C26H30N4O2/c1-20-12-13-27-23(18-20)9-6-22-7-10-25(11-8-22)32-26(31)30-16-14-29(15-17-30)19-24-5-3-4-21(2)28-24/h3-5,7-8,10-13,18H,6,9,14-17,19H2,1-2H3. The number of carbonyl (C=O) groups is 1. The molecule has 1 saturated heterocycles. The van der Waals surface area contributed by atoms with E-state index in [4.69, 9.17) is 4.74 Å². The van der Waals surface area contributed by atoms with E-state index in [9.17, 15) is 4.79 Å². The topological polar surface area (TPSA) is 58.6 Å². The van der Waals surface area contributed by atoms with Gasteiger partial charge in [0, 0.05) is 50.3 Å². The molecular formula is C26H30N4O2. The van der Waals surface area contributed by atoms with Crippen LogP contribution in [-0.2, 0) is 19.4 Å². The predicted molar refractivity (Wildman–Crippen MR) is 125 cm³/mol. The van der Waals surface area contributed by atoms with Crippen LogP contribution in [0.3, 0.4) is 0 Å². The van der Waals surface area contributed by atoms with E-state index in [0.717, 1.165) is 49.6 Å². The molecule has 1 aliphatic rings. The lowest BCUT2D eigenvalue weighted by Gasteiger charge is -2.33. The van der Waals surface area contributed by atoms with Crippen LogP contribution >= 0.6 is 0 Å². The van der Waals surface area contributed by atoms with Crippen molar-refractivity contribution >= 4 is 6.09 Å². The average Bonchev–Trinajstić information content (AvgIpc) is 2.79. The van der Waals surface area contributed by atoms with Crippen LogP contribution in [0.5, 0.6) is 5.75 Å². The van der Waals surface area contributed by atoms with E-state index in [0.29, 0.717) is 18.8 Å². The molecule has 4 rings (SSSR count). The third kappa shape index (κ3) is 6.14. The van der Waals surface area contributed by atoms with Gasteiger partial charge in [-0.1, -0.05) is 18.2 Å². The number of carbonyl (C=O) groups excluding carboxylic acids is 1. The van der Waals surface area contributed by atoms with Crippen LogP contribution in [0, 0.1) is 13.8 Å². The smallest absolute Gasteiger partial charge is 0.410 e. The first-order valence-corrected chi connectivity index (χ1v) is 11.2. The highest BCUT2D eigenvalue weighted by atomic mass is 16.6. The lowest BCUT2D eigenvalue weighted by molar-refractivity contribution is 0.107. The lowest BCUT2D eigenvalue weighted by atomic mass is 10.1. The zero-order chi connectivity index (χ0) is 22.3. The van der Waals surface area contributed by atoms with Gasteiger partial charge in [-0.25, -0.2) is 4.79 Å². The maximum absolute atomic E-state index is 12.6. The number of ether oxygens (including phenoxy) is 1. The van der Waals surface area contributed by atoms with Gasteiger partial charge in [-0.15, -0.1) is 0 Å². The molecule has 0 aliphatic carbocycles. The van der Waals surface area contributed by atoms with Crippen molar-refractivity contribution in [2.75, 3.05) is 26.2 Å². The Labute approximate surface area is 189 Å². The normalized spacial score (nSPS) is 14.4. The summed E-state index contributed by atoms with van der Waals surface area (Å²) in [6, 6.07) is 18.0. The van der Waals surface area contributed by atoms with Crippen molar-refractivity contribution in [2.45, 2.75) is 33.2 Å². The maximum Gasteiger partial charge on any atom is 0.415 e. The van der Waals surface area contributed by atoms with Crippen molar-refractivity contribution in [3.63, 3.8) is 0 Å². The van der Waals surface area contributed by atoms with Crippen LogP contribution < -0.4 is 4.74 Å². The first-order valence-electron chi connectivity index (χ1n) is 11.2. The van der Waals surface area contributed by atoms with Crippen LogP contribution in [0.25, 0.3) is 0 Å². The molecule has 3 aromatic rings. The molecular weight excluding hydrogens is 400 g/mol. The van der Waals surface area contributed by atoms with Gasteiger partial charge < -0.3 is 9.64 Å². The summed E-state index contributed by atoms with van der Waals surface area (Å²) in [4.78, 5) is 25.6. The van der Waals surface area contributed by atoms with Crippen molar-refractivity contribution in [1.82, 2.24) is 19.8 Å². The van der Waals surface area contributed by atoms with E-state index in [2.05, 4.69) is 33.9 Å². The molecule has 0 N–H and O–H groups in total. The Morgan fingerprint density at radius 2 is 1.72 bits per heavy atom. The number of hydrogen-bond donors (Lipinski definition) is 0. The van der Waals surface area contributed by atoms with E-state index in [1.165, 1.54) is 11.1 Å². The molecule has 6 heteroatoms. The molecule has 1 amide bonds. The van der Waals surface area contributed by atoms with Crippen LogP contribution in [0.4, 0.5) is 4.79 Å². The number of benzene rings is 1. The number of pyridine rings is 2. The number of nitrogens with zero attached hydrogens (tertiary/aromatic N) is 4. The van der Waals surface area contributed by atoms with Crippen molar-refractivity contribution < 1.29 is 9.53 Å². The lowest BCUT2D eigenvalue weighted by Crippen LogP contribution is -2.49. The van der Waals surface area contributed by atoms with Crippen LogP contribution in [0.2, 0.25) is 0 Å². The summed E-state index contributed by atoms with van der Waals surface area (Å²) in [5.41, 5.74) is 5.62. The Morgan fingerprint density at radius 3 is 2.44 bits per heavy atom. The van der Waals surface area contributed by atoms with Gasteiger partial charge in [0.1, 0.15) is 5.75 Å². The zero-order valence-electron chi connectivity index (χ0n) is 18.8. The summed E-state index contributed by atoms with van der Waals surface area (Å²) >= 11 is 0. The highest BCUT2D eigenvalue weighted by Gasteiger charge is 2.23. The fraction of sp³-hybridized carbons (Fsp3) is 0.346. The number of aryl methyl sites for hydroxylation is 4. The van der Waals surface area contributed by atoms with Gasteiger partial charge in [-0.2, -0.15) is 0 Å². The number of piperazine rings is 1. The fourth-order valence-corrected chi connectivity index (χ4v) is 3.90. The summed E-state index contributed by atoms with van der Waals surface area (Å²) in [6.45, 7) is 7.84. The second-order valence-electron chi connectivity index (χ2n) is 8.37. The van der Waals surface area contributed by atoms with E-state index in [1.807, 2.05) is 55.6 Å². The molecule has 166 valence electrons.